The zero-order chi connectivity index (χ0) is 8.39. The highest BCUT2D eigenvalue weighted by atomic mass is 32.1. The third-order valence-electron chi connectivity index (χ3n) is 1.66. The molecule has 0 bridgehead atoms. The van der Waals surface area contributed by atoms with Crippen molar-refractivity contribution in [3.05, 3.63) is 47.2 Å². The first-order chi connectivity index (χ1) is 5.88. The Morgan fingerprint density at radius 1 is 1.08 bits per heavy atom. The Bertz CT molecular complexity index is 413. The molecular weight excluding hydrogens is 168 g/mol. The van der Waals surface area contributed by atoms with Gasteiger partial charge in [0.25, 0.3) is 0 Å². The van der Waals surface area contributed by atoms with E-state index >= 15 is 0 Å². The third kappa shape index (κ3) is 1.19. The van der Waals surface area contributed by atoms with Gasteiger partial charge in [-0.05, 0) is 18.2 Å². The van der Waals surface area contributed by atoms with E-state index in [0.29, 0.717) is 0 Å². The number of aromatic amines is 1. The molecule has 2 rings (SSSR count). The second-order valence-corrected chi connectivity index (χ2v) is 2.89. The number of aromatic nitrogens is 2. The molecule has 2 nitrogen and oxygen atoms in total. The Kier molecular flexibility index (Phi) is 1.80. The summed E-state index contributed by atoms with van der Waals surface area (Å²) in [6.45, 7) is 0. The van der Waals surface area contributed by atoms with Crippen LogP contribution in [-0.4, -0.2) is 9.78 Å². The van der Waals surface area contributed by atoms with Gasteiger partial charge in [0, 0.05) is 6.20 Å². The van der Waals surface area contributed by atoms with Crippen LogP contribution in [-0.2, 0) is 0 Å². The summed E-state index contributed by atoms with van der Waals surface area (Å²) in [7, 11) is 0. The van der Waals surface area contributed by atoms with E-state index in [0.717, 1.165) is 10.3 Å². The van der Waals surface area contributed by atoms with Gasteiger partial charge < -0.3 is 5.10 Å². The van der Waals surface area contributed by atoms with E-state index in [4.69, 9.17) is 12.2 Å². The molecule has 1 heterocycles. The summed E-state index contributed by atoms with van der Waals surface area (Å²) in [4.78, 5) is 0. The van der Waals surface area contributed by atoms with Crippen molar-refractivity contribution in [1.29, 1.82) is 0 Å². The summed E-state index contributed by atoms with van der Waals surface area (Å²) >= 11 is 5.10. The van der Waals surface area contributed by atoms with Gasteiger partial charge in [-0.2, -0.15) is 0 Å². The highest BCUT2D eigenvalue weighted by molar-refractivity contribution is 7.71. The van der Waals surface area contributed by atoms with E-state index in [1.807, 2.05) is 47.3 Å². The van der Waals surface area contributed by atoms with E-state index in [1.165, 1.54) is 0 Å². The van der Waals surface area contributed by atoms with Crippen LogP contribution in [0.15, 0.2) is 42.6 Å². The maximum absolute atomic E-state index is 5.10. The normalized spacial score (nSPS) is 10.0. The second kappa shape index (κ2) is 2.95. The van der Waals surface area contributed by atoms with E-state index in [-0.39, 0.29) is 0 Å². The van der Waals surface area contributed by atoms with Crippen LogP contribution in [0.25, 0.3) is 5.69 Å². The molecule has 0 saturated carbocycles. The monoisotopic (exact) mass is 176 g/mol. The summed E-state index contributed by atoms with van der Waals surface area (Å²) in [5.74, 6) is 0. The van der Waals surface area contributed by atoms with Gasteiger partial charge in [-0.15, -0.1) is 0 Å². The highest BCUT2D eigenvalue weighted by Crippen LogP contribution is 2.05. The molecule has 2 aromatic rings. The third-order valence-corrected chi connectivity index (χ3v) is 1.98. The molecule has 0 amide bonds. The summed E-state index contributed by atoms with van der Waals surface area (Å²) in [5.41, 5.74) is 1.06. The molecule has 1 aromatic heterocycles. The van der Waals surface area contributed by atoms with Gasteiger partial charge in [0.2, 0.25) is 0 Å². The molecule has 0 unspecified atom stereocenters. The molecule has 1 aromatic carbocycles. The first-order valence-corrected chi connectivity index (χ1v) is 4.10. The van der Waals surface area contributed by atoms with Gasteiger partial charge in [0.05, 0.1) is 5.69 Å². The van der Waals surface area contributed by atoms with Crippen molar-refractivity contribution < 1.29 is 0 Å². The summed E-state index contributed by atoms with van der Waals surface area (Å²) < 4.78 is 2.65. The van der Waals surface area contributed by atoms with E-state index < -0.39 is 0 Å². The number of hydrogen-bond donors (Lipinski definition) is 1. The molecule has 3 heteroatoms. The molecule has 0 radical (unpaired) electrons. The molecule has 0 atom stereocenters. The van der Waals surface area contributed by atoms with Crippen LogP contribution >= 0.6 is 12.2 Å². The maximum Gasteiger partial charge on any atom is 0.127 e. The maximum atomic E-state index is 5.10. The molecule has 60 valence electrons. The van der Waals surface area contributed by atoms with Crippen LogP contribution in [0.1, 0.15) is 0 Å². The Labute approximate surface area is 75.5 Å². The van der Waals surface area contributed by atoms with Gasteiger partial charge in [0.1, 0.15) is 4.64 Å². The number of para-hydroxylation sites is 1. The van der Waals surface area contributed by atoms with Gasteiger partial charge in [-0.3, -0.25) is 0 Å². The predicted octanol–water partition coefficient (Wildman–Crippen LogP) is 2.53. The molecule has 0 aliphatic heterocycles. The van der Waals surface area contributed by atoms with Crippen LogP contribution in [0.2, 0.25) is 0 Å². The minimum absolute atomic E-state index is 0.793. The molecule has 0 fully saturated rings. The van der Waals surface area contributed by atoms with E-state index in [9.17, 15) is 0 Å². The smallest absolute Gasteiger partial charge is 0.127 e. The molecule has 12 heavy (non-hydrogen) atoms. The largest absolute Gasteiger partial charge is 0.300 e. The summed E-state index contributed by atoms with van der Waals surface area (Å²) in [5, 5.41) is 3.03. The molecule has 0 aliphatic rings. The Balaban J connectivity index is 2.59. The van der Waals surface area contributed by atoms with Crippen molar-refractivity contribution in [3.63, 3.8) is 0 Å². The van der Waals surface area contributed by atoms with Crippen LogP contribution in [0.4, 0.5) is 0 Å². The lowest BCUT2D eigenvalue weighted by Crippen LogP contribution is -1.94. The second-order valence-electron chi connectivity index (χ2n) is 2.47. The fraction of sp³-hybridized carbons (Fsp3) is 0. The van der Waals surface area contributed by atoms with Crippen LogP contribution in [0.3, 0.4) is 0 Å². The van der Waals surface area contributed by atoms with Crippen molar-refractivity contribution in [2.24, 2.45) is 0 Å². The Morgan fingerprint density at radius 2 is 1.83 bits per heavy atom. The lowest BCUT2D eigenvalue weighted by atomic mass is 10.3. The predicted molar refractivity (Wildman–Crippen MR) is 51.0 cm³/mol. The first kappa shape index (κ1) is 7.31. The van der Waals surface area contributed by atoms with Gasteiger partial charge in [-0.1, -0.05) is 30.4 Å². The molecule has 1 N–H and O–H groups in total. The highest BCUT2D eigenvalue weighted by Gasteiger charge is 1.93. The van der Waals surface area contributed by atoms with Crippen LogP contribution in [0, 0.1) is 4.64 Å². The Morgan fingerprint density at radius 3 is 2.42 bits per heavy atom. The first-order valence-electron chi connectivity index (χ1n) is 3.70. The van der Waals surface area contributed by atoms with Gasteiger partial charge in [-0.25, -0.2) is 4.68 Å². The number of H-pyrrole nitrogens is 1. The van der Waals surface area contributed by atoms with Crippen molar-refractivity contribution in [3.8, 4) is 5.69 Å². The van der Waals surface area contributed by atoms with E-state index in [1.54, 1.807) is 0 Å². The molecule has 0 saturated heterocycles. The van der Waals surface area contributed by atoms with Crippen molar-refractivity contribution in [2.75, 3.05) is 0 Å². The van der Waals surface area contributed by atoms with Crippen molar-refractivity contribution >= 4 is 12.2 Å². The Hall–Kier alpha value is -1.35. The number of rotatable bonds is 1. The topological polar surface area (TPSA) is 20.7 Å². The number of hydrogen-bond acceptors (Lipinski definition) is 1. The van der Waals surface area contributed by atoms with Gasteiger partial charge >= 0.3 is 0 Å². The van der Waals surface area contributed by atoms with Crippen molar-refractivity contribution in [1.82, 2.24) is 9.78 Å². The number of nitrogens with zero attached hydrogens (tertiary/aromatic N) is 1. The van der Waals surface area contributed by atoms with Crippen molar-refractivity contribution in [2.45, 2.75) is 0 Å². The quantitative estimate of drug-likeness (QED) is 0.662. The molecule has 0 aliphatic carbocycles. The average molecular weight is 176 g/mol. The average Bonchev–Trinajstić information content (AvgIpc) is 2.53. The fourth-order valence-electron chi connectivity index (χ4n) is 1.10. The van der Waals surface area contributed by atoms with Crippen LogP contribution < -0.4 is 0 Å². The SMILES string of the molecule is S=c1cc[nH]n1-c1ccccc1. The van der Waals surface area contributed by atoms with Crippen LogP contribution in [0.5, 0.6) is 0 Å². The summed E-state index contributed by atoms with van der Waals surface area (Å²) in [6.07, 6.45) is 1.83. The minimum Gasteiger partial charge on any atom is -0.300 e. The fourth-order valence-corrected chi connectivity index (χ4v) is 1.33. The molecular formula is C9H8N2S. The lowest BCUT2D eigenvalue weighted by Gasteiger charge is -2.00. The number of nitrogens with one attached hydrogen (secondary N) is 1. The molecule has 0 spiro atoms. The minimum atomic E-state index is 0.793. The number of benzene rings is 1. The summed E-state index contributed by atoms with van der Waals surface area (Å²) in [6, 6.07) is 11.8. The zero-order valence-corrected chi connectivity index (χ0v) is 7.21. The van der Waals surface area contributed by atoms with E-state index in [2.05, 4.69) is 5.10 Å². The van der Waals surface area contributed by atoms with Gasteiger partial charge in [0.15, 0.2) is 0 Å². The standard InChI is InChI=1S/C9H8N2S/c12-9-6-7-10-11(9)8-4-2-1-3-5-8/h1-7,10H. The zero-order valence-electron chi connectivity index (χ0n) is 6.40. The lowest BCUT2D eigenvalue weighted by molar-refractivity contribution is 0.869.